The topological polar surface area (TPSA) is 83.5 Å². The number of amides is 1. The fourth-order valence-electron chi connectivity index (χ4n) is 1.40. The maximum Gasteiger partial charge on any atom is 0.220 e. The summed E-state index contributed by atoms with van der Waals surface area (Å²) in [7, 11) is 1.00. The van der Waals surface area contributed by atoms with Gasteiger partial charge < -0.3 is 15.9 Å². The van der Waals surface area contributed by atoms with Gasteiger partial charge in [0.25, 0.3) is 0 Å². The molecule has 0 heterocycles. The Bertz CT molecular complexity index is 400. The van der Waals surface area contributed by atoms with Gasteiger partial charge in [0.15, 0.2) is 0 Å². The van der Waals surface area contributed by atoms with Crippen molar-refractivity contribution in [3.8, 4) is 18.6 Å². The molecule has 19 heavy (non-hydrogen) atoms. The van der Waals surface area contributed by atoms with E-state index in [1.165, 1.54) is 0 Å². The number of phenolic OH excluding ortho intramolecular Hbond substituents is 1. The molecule has 0 aliphatic rings. The number of hydrogen-bond acceptors (Lipinski definition) is 3. The molecule has 1 atom stereocenters. The molecule has 0 unspecified atom stereocenters. The van der Waals surface area contributed by atoms with E-state index in [9.17, 15) is 9.90 Å². The molecule has 0 saturated heterocycles. The zero-order valence-corrected chi connectivity index (χ0v) is 11.8. The molecule has 0 aliphatic heterocycles. The molecule has 0 spiro atoms. The third kappa shape index (κ3) is 7.85. The number of phenols is 1. The van der Waals surface area contributed by atoms with Crippen LogP contribution in [0.3, 0.4) is 0 Å². The lowest BCUT2D eigenvalue weighted by molar-refractivity contribution is -0.121. The standard InChI is InChI=1S/C12H17NO2.C2H2.CH4O/c1-8(12(13)15)3-4-10-5-6-11(14)9(2)7-10;2*1-2/h5-8,14H,3-4H2,1-2H3,(H2,13,15);1-2H;2H,1H3/t8-;;/m0../s1. The third-order valence-electron chi connectivity index (χ3n) is 2.61. The smallest absolute Gasteiger partial charge is 0.220 e. The molecule has 4 nitrogen and oxygen atoms in total. The Labute approximate surface area is 115 Å². The summed E-state index contributed by atoms with van der Waals surface area (Å²) in [5.41, 5.74) is 7.16. The van der Waals surface area contributed by atoms with E-state index in [1.807, 2.05) is 26.0 Å². The Balaban J connectivity index is 0. The van der Waals surface area contributed by atoms with Crippen molar-refractivity contribution in [1.29, 1.82) is 0 Å². The number of aromatic hydroxyl groups is 1. The second-order valence-electron chi connectivity index (χ2n) is 3.96. The van der Waals surface area contributed by atoms with Gasteiger partial charge >= 0.3 is 0 Å². The largest absolute Gasteiger partial charge is 0.508 e. The van der Waals surface area contributed by atoms with E-state index in [4.69, 9.17) is 10.8 Å². The molecule has 1 rings (SSSR count). The highest BCUT2D eigenvalue weighted by atomic mass is 16.3. The first-order chi connectivity index (χ1) is 9.00. The first-order valence-electron chi connectivity index (χ1n) is 5.86. The number of aliphatic hydroxyl groups is 1. The fraction of sp³-hybridized carbons (Fsp3) is 0.400. The van der Waals surface area contributed by atoms with Crippen molar-refractivity contribution >= 4 is 5.91 Å². The summed E-state index contributed by atoms with van der Waals surface area (Å²) >= 11 is 0. The second-order valence-corrected chi connectivity index (χ2v) is 3.96. The fourth-order valence-corrected chi connectivity index (χ4v) is 1.40. The van der Waals surface area contributed by atoms with Gasteiger partial charge in [-0.3, -0.25) is 4.79 Å². The minimum Gasteiger partial charge on any atom is -0.508 e. The monoisotopic (exact) mass is 265 g/mol. The predicted molar refractivity (Wildman–Crippen MR) is 77.6 cm³/mol. The molecule has 0 radical (unpaired) electrons. The van der Waals surface area contributed by atoms with E-state index in [0.717, 1.165) is 31.1 Å². The van der Waals surface area contributed by atoms with Crippen LogP contribution in [0.25, 0.3) is 0 Å². The van der Waals surface area contributed by atoms with Crippen LogP contribution in [0, 0.1) is 25.7 Å². The van der Waals surface area contributed by atoms with E-state index in [2.05, 4.69) is 12.8 Å². The predicted octanol–water partition coefficient (Wildman–Crippen LogP) is 1.61. The van der Waals surface area contributed by atoms with Gasteiger partial charge in [-0.25, -0.2) is 0 Å². The van der Waals surface area contributed by atoms with Crippen LogP contribution in [-0.4, -0.2) is 23.2 Å². The van der Waals surface area contributed by atoms with Crippen molar-refractivity contribution < 1.29 is 15.0 Å². The van der Waals surface area contributed by atoms with Gasteiger partial charge in [0, 0.05) is 13.0 Å². The van der Waals surface area contributed by atoms with Gasteiger partial charge in [-0.1, -0.05) is 19.1 Å². The van der Waals surface area contributed by atoms with Crippen LogP contribution in [-0.2, 0) is 11.2 Å². The molecule has 1 amide bonds. The van der Waals surface area contributed by atoms with Crippen LogP contribution in [0.4, 0.5) is 0 Å². The summed E-state index contributed by atoms with van der Waals surface area (Å²) < 4.78 is 0. The van der Waals surface area contributed by atoms with Gasteiger partial charge in [0.1, 0.15) is 5.75 Å². The lowest BCUT2D eigenvalue weighted by Crippen LogP contribution is -2.20. The molecule has 4 N–H and O–H groups in total. The zero-order chi connectivity index (χ0) is 15.4. The van der Waals surface area contributed by atoms with E-state index < -0.39 is 0 Å². The van der Waals surface area contributed by atoms with Crippen molar-refractivity contribution in [3.05, 3.63) is 29.3 Å². The van der Waals surface area contributed by atoms with E-state index in [-0.39, 0.29) is 11.8 Å². The van der Waals surface area contributed by atoms with Gasteiger partial charge in [0.2, 0.25) is 5.91 Å². The highest BCUT2D eigenvalue weighted by Gasteiger charge is 2.08. The maximum atomic E-state index is 10.8. The lowest BCUT2D eigenvalue weighted by Gasteiger charge is -2.08. The Morgan fingerprint density at radius 3 is 2.32 bits per heavy atom. The number of terminal acetylenes is 1. The summed E-state index contributed by atoms with van der Waals surface area (Å²) in [6, 6.07) is 5.48. The lowest BCUT2D eigenvalue weighted by atomic mass is 9.99. The molecular weight excluding hydrogens is 242 g/mol. The van der Waals surface area contributed by atoms with Gasteiger partial charge in [-0.05, 0) is 37.0 Å². The van der Waals surface area contributed by atoms with Crippen molar-refractivity contribution in [3.63, 3.8) is 0 Å². The van der Waals surface area contributed by atoms with Crippen molar-refractivity contribution in [2.45, 2.75) is 26.7 Å². The summed E-state index contributed by atoms with van der Waals surface area (Å²) in [6.07, 6.45) is 9.56. The van der Waals surface area contributed by atoms with E-state index >= 15 is 0 Å². The molecule has 0 fully saturated rings. The molecular formula is C15H23NO3. The van der Waals surface area contributed by atoms with Crippen LogP contribution < -0.4 is 5.73 Å². The minimum absolute atomic E-state index is 0.0980. The van der Waals surface area contributed by atoms with Crippen molar-refractivity contribution in [2.75, 3.05) is 7.11 Å². The summed E-state index contributed by atoms with van der Waals surface area (Å²) in [6.45, 7) is 3.69. The van der Waals surface area contributed by atoms with Crippen LogP contribution in [0.5, 0.6) is 5.75 Å². The van der Waals surface area contributed by atoms with Crippen molar-refractivity contribution in [1.82, 2.24) is 0 Å². The Morgan fingerprint density at radius 1 is 1.37 bits per heavy atom. The number of aliphatic hydroxyl groups excluding tert-OH is 1. The van der Waals surface area contributed by atoms with E-state index in [1.54, 1.807) is 6.07 Å². The molecule has 4 heteroatoms. The summed E-state index contributed by atoms with van der Waals surface area (Å²) in [5.74, 6) is -0.0497. The molecule has 0 saturated carbocycles. The summed E-state index contributed by atoms with van der Waals surface area (Å²) in [5, 5.41) is 16.3. The van der Waals surface area contributed by atoms with Crippen molar-refractivity contribution in [2.24, 2.45) is 11.7 Å². The van der Waals surface area contributed by atoms with Crippen LogP contribution >= 0.6 is 0 Å². The Kier molecular flexibility index (Phi) is 11.3. The second kappa shape index (κ2) is 11.1. The van der Waals surface area contributed by atoms with E-state index in [0.29, 0.717) is 5.75 Å². The molecule has 0 aromatic heterocycles. The minimum atomic E-state index is -0.259. The first-order valence-corrected chi connectivity index (χ1v) is 5.86. The number of primary amides is 1. The number of hydrogen-bond donors (Lipinski definition) is 3. The number of aryl methyl sites for hydroxylation is 2. The maximum absolute atomic E-state index is 10.8. The summed E-state index contributed by atoms with van der Waals surface area (Å²) in [4.78, 5) is 10.8. The van der Waals surface area contributed by atoms with Crippen LogP contribution in [0.1, 0.15) is 24.5 Å². The Morgan fingerprint density at radius 2 is 1.89 bits per heavy atom. The average molecular weight is 265 g/mol. The van der Waals surface area contributed by atoms with Crippen LogP contribution in [0.2, 0.25) is 0 Å². The molecule has 0 aliphatic carbocycles. The van der Waals surface area contributed by atoms with Gasteiger partial charge in [-0.2, -0.15) is 0 Å². The molecule has 1 aromatic rings. The number of rotatable bonds is 4. The quantitative estimate of drug-likeness (QED) is 0.723. The third-order valence-corrected chi connectivity index (χ3v) is 2.61. The number of carbonyl (C=O) groups is 1. The first kappa shape index (κ1) is 19.4. The molecule has 0 bridgehead atoms. The number of carbonyl (C=O) groups excluding carboxylic acids is 1. The van der Waals surface area contributed by atoms with Gasteiger partial charge in [-0.15, -0.1) is 12.8 Å². The molecule has 106 valence electrons. The van der Waals surface area contributed by atoms with Crippen LogP contribution in [0.15, 0.2) is 18.2 Å². The Hall–Kier alpha value is -1.99. The molecule has 1 aromatic carbocycles. The number of benzene rings is 1. The van der Waals surface area contributed by atoms with Gasteiger partial charge in [0.05, 0.1) is 0 Å². The average Bonchev–Trinajstić information content (AvgIpc) is 2.44. The SMILES string of the molecule is C#C.CO.Cc1cc(CC[C@H](C)C(N)=O)ccc1O. The zero-order valence-electron chi connectivity index (χ0n) is 11.8. The highest BCUT2D eigenvalue weighted by molar-refractivity contribution is 5.76. The highest BCUT2D eigenvalue weighted by Crippen LogP contribution is 2.18. The normalized spacial score (nSPS) is 10.2. The number of nitrogens with two attached hydrogens (primary N) is 1.